The van der Waals surface area contributed by atoms with Crippen LogP contribution in [0.4, 0.5) is 5.69 Å². The van der Waals surface area contributed by atoms with E-state index >= 15 is 0 Å². The van der Waals surface area contributed by atoms with Crippen LogP contribution in [0.25, 0.3) is 0 Å². The third kappa shape index (κ3) is 2.86. The zero-order chi connectivity index (χ0) is 18.1. The molecule has 1 atom stereocenters. The highest BCUT2D eigenvalue weighted by atomic mass is 16.6. The Morgan fingerprint density at radius 2 is 1.88 bits per heavy atom. The molecule has 5 heteroatoms. The standard InChI is InChI=1S/C21H19NO4/c1-14-12-21(26-20(14)24,16-7-3-2-4-8-16)13-25-17-9-5-6-15-10-11-18(23)22-19(15)17/h2-9H,1,10-13H2,(H,22,23). The molecule has 0 bridgehead atoms. The van der Waals surface area contributed by atoms with Gasteiger partial charge in [0.15, 0.2) is 5.60 Å². The van der Waals surface area contributed by atoms with Crippen molar-refractivity contribution in [3.8, 4) is 5.75 Å². The van der Waals surface area contributed by atoms with Gasteiger partial charge in [0.2, 0.25) is 5.91 Å². The van der Waals surface area contributed by atoms with Gasteiger partial charge in [-0.2, -0.15) is 0 Å². The van der Waals surface area contributed by atoms with E-state index in [1.807, 2.05) is 48.5 Å². The maximum absolute atomic E-state index is 12.0. The fraction of sp³-hybridized carbons (Fsp3) is 0.238. The Labute approximate surface area is 151 Å². The van der Waals surface area contributed by atoms with Crippen molar-refractivity contribution < 1.29 is 19.1 Å². The van der Waals surface area contributed by atoms with Crippen LogP contribution in [-0.4, -0.2) is 18.5 Å². The largest absolute Gasteiger partial charge is 0.487 e. The lowest BCUT2D eigenvalue weighted by Crippen LogP contribution is -2.33. The van der Waals surface area contributed by atoms with Gasteiger partial charge < -0.3 is 14.8 Å². The van der Waals surface area contributed by atoms with Gasteiger partial charge in [0.05, 0.1) is 5.69 Å². The van der Waals surface area contributed by atoms with Crippen LogP contribution >= 0.6 is 0 Å². The van der Waals surface area contributed by atoms with Gasteiger partial charge in [-0.25, -0.2) is 4.79 Å². The summed E-state index contributed by atoms with van der Waals surface area (Å²) in [6.45, 7) is 3.95. The number of hydrogen-bond acceptors (Lipinski definition) is 4. The summed E-state index contributed by atoms with van der Waals surface area (Å²) in [6, 6.07) is 15.2. The topological polar surface area (TPSA) is 64.6 Å². The average molecular weight is 349 g/mol. The number of anilines is 1. The molecule has 2 aromatic carbocycles. The van der Waals surface area contributed by atoms with Gasteiger partial charge in [-0.1, -0.05) is 49.0 Å². The molecule has 2 aromatic rings. The lowest BCUT2D eigenvalue weighted by Gasteiger charge is -2.29. The van der Waals surface area contributed by atoms with Crippen LogP contribution in [0, 0.1) is 0 Å². The number of nitrogens with one attached hydrogen (secondary N) is 1. The van der Waals surface area contributed by atoms with Crippen molar-refractivity contribution in [3.05, 3.63) is 71.8 Å². The lowest BCUT2D eigenvalue weighted by atomic mass is 9.90. The van der Waals surface area contributed by atoms with Gasteiger partial charge in [-0.05, 0) is 23.6 Å². The van der Waals surface area contributed by atoms with Gasteiger partial charge in [0.1, 0.15) is 12.4 Å². The number of cyclic esters (lactones) is 1. The number of ether oxygens (including phenoxy) is 2. The van der Waals surface area contributed by atoms with E-state index in [1.165, 1.54) is 0 Å². The molecule has 1 amide bonds. The van der Waals surface area contributed by atoms with E-state index in [0.29, 0.717) is 36.3 Å². The predicted octanol–water partition coefficient (Wildman–Crippen LogP) is 3.35. The summed E-state index contributed by atoms with van der Waals surface area (Å²) in [4.78, 5) is 23.8. The highest BCUT2D eigenvalue weighted by Crippen LogP contribution is 2.41. The zero-order valence-electron chi connectivity index (χ0n) is 14.3. The maximum Gasteiger partial charge on any atom is 0.334 e. The van der Waals surface area contributed by atoms with Crippen LogP contribution in [0.2, 0.25) is 0 Å². The predicted molar refractivity (Wildman–Crippen MR) is 96.9 cm³/mol. The molecule has 0 aromatic heterocycles. The molecular weight excluding hydrogens is 330 g/mol. The summed E-state index contributed by atoms with van der Waals surface area (Å²) < 4.78 is 11.7. The Balaban J connectivity index is 1.64. The number of aryl methyl sites for hydroxylation is 1. The molecule has 4 rings (SSSR count). The molecule has 1 unspecified atom stereocenters. The van der Waals surface area contributed by atoms with Crippen LogP contribution < -0.4 is 10.1 Å². The molecule has 0 saturated carbocycles. The van der Waals surface area contributed by atoms with Gasteiger partial charge in [-0.15, -0.1) is 0 Å². The minimum Gasteiger partial charge on any atom is -0.487 e. The Hall–Kier alpha value is -3.08. The third-order valence-corrected chi connectivity index (χ3v) is 4.83. The van der Waals surface area contributed by atoms with Crippen molar-refractivity contribution in [1.82, 2.24) is 0 Å². The fourth-order valence-electron chi connectivity index (χ4n) is 3.46. The summed E-state index contributed by atoms with van der Waals surface area (Å²) >= 11 is 0. The lowest BCUT2D eigenvalue weighted by molar-refractivity contribution is -0.150. The molecule has 1 fully saturated rings. The summed E-state index contributed by atoms with van der Waals surface area (Å²) in [5, 5.41) is 2.88. The minimum absolute atomic E-state index is 0.0213. The molecule has 5 nitrogen and oxygen atoms in total. The van der Waals surface area contributed by atoms with Crippen molar-refractivity contribution in [2.75, 3.05) is 11.9 Å². The first-order valence-corrected chi connectivity index (χ1v) is 8.59. The maximum atomic E-state index is 12.0. The Bertz CT molecular complexity index is 872. The van der Waals surface area contributed by atoms with E-state index in [-0.39, 0.29) is 12.5 Å². The van der Waals surface area contributed by atoms with Gasteiger partial charge >= 0.3 is 5.97 Å². The van der Waals surface area contributed by atoms with Crippen molar-refractivity contribution in [1.29, 1.82) is 0 Å². The number of hydrogen-bond donors (Lipinski definition) is 1. The summed E-state index contributed by atoms with van der Waals surface area (Å²) in [5.41, 5.74) is 2.14. The normalized spacial score (nSPS) is 21.8. The quantitative estimate of drug-likeness (QED) is 0.679. The van der Waals surface area contributed by atoms with Crippen molar-refractivity contribution in [3.63, 3.8) is 0 Å². The number of amides is 1. The highest BCUT2D eigenvalue weighted by Gasteiger charge is 2.45. The minimum atomic E-state index is -0.906. The SMILES string of the molecule is C=C1CC(COc2cccc3c2NC(=O)CC3)(c2ccccc2)OC1=O. The molecule has 1 saturated heterocycles. The second-order valence-corrected chi connectivity index (χ2v) is 6.66. The Morgan fingerprint density at radius 1 is 1.08 bits per heavy atom. The van der Waals surface area contributed by atoms with Crippen LogP contribution in [0.5, 0.6) is 5.75 Å². The second-order valence-electron chi connectivity index (χ2n) is 6.66. The Kier molecular flexibility index (Phi) is 3.99. The van der Waals surface area contributed by atoms with Crippen LogP contribution in [0.3, 0.4) is 0 Å². The van der Waals surface area contributed by atoms with Crippen molar-refractivity contribution in [2.45, 2.75) is 24.9 Å². The van der Waals surface area contributed by atoms with Crippen molar-refractivity contribution >= 4 is 17.6 Å². The van der Waals surface area contributed by atoms with Gasteiger partial charge in [-0.3, -0.25) is 4.79 Å². The fourth-order valence-corrected chi connectivity index (χ4v) is 3.46. The highest BCUT2D eigenvalue weighted by molar-refractivity contribution is 5.95. The molecule has 2 aliphatic rings. The number of carbonyl (C=O) groups excluding carboxylic acids is 2. The molecule has 2 heterocycles. The summed E-state index contributed by atoms with van der Waals surface area (Å²) in [6.07, 6.45) is 1.53. The average Bonchev–Trinajstić information content (AvgIpc) is 2.96. The first-order valence-electron chi connectivity index (χ1n) is 8.59. The van der Waals surface area contributed by atoms with Crippen LogP contribution in [0.1, 0.15) is 24.0 Å². The summed E-state index contributed by atoms with van der Waals surface area (Å²) in [5.74, 6) is 0.159. The molecule has 132 valence electrons. The van der Waals surface area contributed by atoms with Gasteiger partial charge in [0.25, 0.3) is 0 Å². The number of rotatable bonds is 4. The number of benzene rings is 2. The van der Waals surface area contributed by atoms with Crippen LogP contribution in [0.15, 0.2) is 60.7 Å². The second kappa shape index (κ2) is 6.33. The van der Waals surface area contributed by atoms with Crippen molar-refractivity contribution in [2.24, 2.45) is 0 Å². The van der Waals surface area contributed by atoms with E-state index in [1.54, 1.807) is 0 Å². The number of para-hydroxylation sites is 1. The molecule has 0 spiro atoms. The first kappa shape index (κ1) is 16.4. The van der Waals surface area contributed by atoms with E-state index in [4.69, 9.17) is 9.47 Å². The molecular formula is C21H19NO4. The smallest absolute Gasteiger partial charge is 0.334 e. The molecule has 26 heavy (non-hydrogen) atoms. The van der Waals surface area contributed by atoms with Gasteiger partial charge in [0, 0.05) is 18.4 Å². The van der Waals surface area contributed by atoms with E-state index in [9.17, 15) is 9.59 Å². The number of esters is 1. The molecule has 0 radical (unpaired) electrons. The van der Waals surface area contributed by atoms with E-state index in [0.717, 1.165) is 11.1 Å². The molecule has 1 N–H and O–H groups in total. The summed E-state index contributed by atoms with van der Waals surface area (Å²) in [7, 11) is 0. The number of fused-ring (bicyclic) bond motifs is 1. The zero-order valence-corrected chi connectivity index (χ0v) is 14.3. The third-order valence-electron chi connectivity index (χ3n) is 4.83. The van der Waals surface area contributed by atoms with Crippen LogP contribution in [-0.2, 0) is 26.3 Å². The first-order chi connectivity index (χ1) is 12.6. The van der Waals surface area contributed by atoms with E-state index in [2.05, 4.69) is 11.9 Å². The van der Waals surface area contributed by atoms with E-state index < -0.39 is 11.6 Å². The molecule has 0 aliphatic carbocycles. The molecule has 2 aliphatic heterocycles. The Morgan fingerprint density at radius 3 is 2.62 bits per heavy atom. The number of carbonyl (C=O) groups is 2. The monoisotopic (exact) mass is 349 g/mol.